The van der Waals surface area contributed by atoms with Crippen molar-refractivity contribution in [1.82, 2.24) is 0 Å². The zero-order valence-corrected chi connectivity index (χ0v) is 9.07. The molecule has 2 unspecified atom stereocenters. The fraction of sp³-hybridized carbons (Fsp3) is 0.455. The quantitative estimate of drug-likeness (QED) is 0.642. The number of benzene rings is 1. The van der Waals surface area contributed by atoms with Gasteiger partial charge in [-0.25, -0.2) is 17.6 Å². The first-order valence-corrected chi connectivity index (χ1v) is 5.22. The van der Waals surface area contributed by atoms with Crippen LogP contribution in [0.1, 0.15) is 13.3 Å². The molecular weight excluding hydrogens is 238 g/mol. The lowest BCUT2D eigenvalue weighted by Crippen LogP contribution is -2.28. The Labute approximate surface area is 95.6 Å². The first-order chi connectivity index (χ1) is 8.00. The predicted molar refractivity (Wildman–Crippen MR) is 53.7 cm³/mol. The summed E-state index contributed by atoms with van der Waals surface area (Å²) in [5, 5.41) is 2.45. The Bertz CT molecular complexity index is 412. The molecule has 0 bridgehead atoms. The van der Waals surface area contributed by atoms with Crippen molar-refractivity contribution in [2.24, 2.45) is 0 Å². The van der Waals surface area contributed by atoms with Crippen LogP contribution in [0.3, 0.4) is 0 Å². The molecule has 17 heavy (non-hydrogen) atoms. The molecule has 1 aromatic rings. The van der Waals surface area contributed by atoms with Gasteiger partial charge in [-0.1, -0.05) is 0 Å². The third-order valence-electron chi connectivity index (χ3n) is 2.82. The predicted octanol–water partition coefficient (Wildman–Crippen LogP) is 2.83. The average molecular weight is 249 g/mol. The number of hydrogen-bond acceptors (Lipinski definition) is 2. The second-order valence-electron chi connectivity index (χ2n) is 3.96. The van der Waals surface area contributed by atoms with E-state index in [1.54, 1.807) is 6.92 Å². The Morgan fingerprint density at radius 3 is 2.24 bits per heavy atom. The van der Waals surface area contributed by atoms with E-state index in [4.69, 9.17) is 4.74 Å². The maximum Gasteiger partial charge on any atom is 0.185 e. The number of rotatable bonds is 2. The van der Waals surface area contributed by atoms with Crippen molar-refractivity contribution in [2.75, 3.05) is 11.9 Å². The molecule has 1 aliphatic rings. The van der Waals surface area contributed by atoms with Gasteiger partial charge in [-0.2, -0.15) is 0 Å². The molecule has 1 heterocycles. The van der Waals surface area contributed by atoms with Crippen molar-refractivity contribution < 1.29 is 22.3 Å². The maximum atomic E-state index is 13.3. The highest BCUT2D eigenvalue weighted by atomic mass is 19.2. The van der Waals surface area contributed by atoms with Crippen LogP contribution in [0.5, 0.6) is 0 Å². The molecule has 0 amide bonds. The molecule has 1 saturated heterocycles. The van der Waals surface area contributed by atoms with E-state index >= 15 is 0 Å². The molecule has 2 nitrogen and oxygen atoms in total. The Kier molecular flexibility index (Phi) is 3.24. The summed E-state index contributed by atoms with van der Waals surface area (Å²) >= 11 is 0. The van der Waals surface area contributed by atoms with Crippen molar-refractivity contribution in [3.63, 3.8) is 0 Å². The molecule has 0 spiro atoms. The van der Waals surface area contributed by atoms with Gasteiger partial charge in [0, 0.05) is 12.7 Å². The third-order valence-corrected chi connectivity index (χ3v) is 2.82. The molecule has 0 saturated carbocycles. The molecule has 0 aliphatic carbocycles. The molecule has 2 atom stereocenters. The van der Waals surface area contributed by atoms with Gasteiger partial charge in [0.15, 0.2) is 23.3 Å². The molecule has 1 fully saturated rings. The Morgan fingerprint density at radius 1 is 1.18 bits per heavy atom. The minimum atomic E-state index is -1.42. The van der Waals surface area contributed by atoms with Crippen molar-refractivity contribution in [2.45, 2.75) is 25.5 Å². The van der Waals surface area contributed by atoms with Crippen molar-refractivity contribution in [3.05, 3.63) is 29.3 Å². The van der Waals surface area contributed by atoms with Gasteiger partial charge in [0.1, 0.15) is 5.69 Å². The molecule has 6 heteroatoms. The minimum absolute atomic E-state index is 0.185. The fourth-order valence-electron chi connectivity index (χ4n) is 1.81. The summed E-state index contributed by atoms with van der Waals surface area (Å²) in [6, 6.07) is -0.176. The second-order valence-corrected chi connectivity index (χ2v) is 3.96. The van der Waals surface area contributed by atoms with Gasteiger partial charge in [0.2, 0.25) is 0 Å². The lowest BCUT2D eigenvalue weighted by Gasteiger charge is -2.18. The standard InChI is InChI=1S/C11H11F4NO/c1-5-8(2-3-17-5)16-11-9(14)6(12)4-7(13)10(11)15/h4-5,8,16H,2-3H2,1H3. The molecule has 1 N–H and O–H groups in total. The van der Waals surface area contributed by atoms with Gasteiger partial charge in [-0.05, 0) is 13.3 Å². The fourth-order valence-corrected chi connectivity index (χ4v) is 1.81. The van der Waals surface area contributed by atoms with Gasteiger partial charge in [-0.3, -0.25) is 0 Å². The van der Waals surface area contributed by atoms with Gasteiger partial charge < -0.3 is 10.1 Å². The van der Waals surface area contributed by atoms with Crippen LogP contribution in [0, 0.1) is 23.3 Å². The summed E-state index contributed by atoms with van der Waals surface area (Å²) in [7, 11) is 0. The van der Waals surface area contributed by atoms with E-state index in [1.807, 2.05) is 0 Å². The molecule has 94 valence electrons. The largest absolute Gasteiger partial charge is 0.376 e. The van der Waals surface area contributed by atoms with Gasteiger partial charge in [0.05, 0.1) is 12.1 Å². The van der Waals surface area contributed by atoms with E-state index in [0.717, 1.165) is 0 Å². The lowest BCUT2D eigenvalue weighted by molar-refractivity contribution is 0.121. The lowest BCUT2D eigenvalue weighted by atomic mass is 10.1. The molecular formula is C11H11F4NO. The van der Waals surface area contributed by atoms with E-state index in [9.17, 15) is 17.6 Å². The van der Waals surface area contributed by atoms with E-state index < -0.39 is 29.0 Å². The van der Waals surface area contributed by atoms with Crippen LogP contribution in [-0.4, -0.2) is 18.8 Å². The normalized spacial score (nSPS) is 24.1. The van der Waals surface area contributed by atoms with Crippen LogP contribution < -0.4 is 5.32 Å². The van der Waals surface area contributed by atoms with Gasteiger partial charge in [-0.15, -0.1) is 0 Å². The van der Waals surface area contributed by atoms with E-state index in [0.29, 0.717) is 13.0 Å². The molecule has 1 aromatic carbocycles. The minimum Gasteiger partial charge on any atom is -0.376 e. The Balaban J connectivity index is 2.31. The van der Waals surface area contributed by atoms with Crippen LogP contribution in [0.2, 0.25) is 0 Å². The number of nitrogens with one attached hydrogen (secondary N) is 1. The van der Waals surface area contributed by atoms with Crippen LogP contribution in [0.4, 0.5) is 23.2 Å². The van der Waals surface area contributed by atoms with Crippen LogP contribution >= 0.6 is 0 Å². The van der Waals surface area contributed by atoms with Gasteiger partial charge in [0.25, 0.3) is 0 Å². The second kappa shape index (κ2) is 4.52. The molecule has 1 aliphatic heterocycles. The smallest absolute Gasteiger partial charge is 0.185 e. The number of anilines is 1. The average Bonchev–Trinajstić information content (AvgIpc) is 2.68. The summed E-state index contributed by atoms with van der Waals surface area (Å²) in [5.41, 5.74) is -0.773. The van der Waals surface area contributed by atoms with Crippen molar-refractivity contribution >= 4 is 5.69 Å². The highest BCUT2D eigenvalue weighted by Gasteiger charge is 2.28. The number of ether oxygens (including phenoxy) is 1. The first-order valence-electron chi connectivity index (χ1n) is 5.22. The summed E-state index contributed by atoms with van der Waals surface area (Å²) < 4.78 is 57.7. The van der Waals surface area contributed by atoms with E-state index in [1.165, 1.54) is 0 Å². The van der Waals surface area contributed by atoms with Crippen LogP contribution in [0.15, 0.2) is 6.07 Å². The maximum absolute atomic E-state index is 13.3. The molecule has 0 aromatic heterocycles. The van der Waals surface area contributed by atoms with Crippen molar-refractivity contribution in [3.8, 4) is 0 Å². The third kappa shape index (κ3) is 2.22. The summed E-state index contributed by atoms with van der Waals surface area (Å²) in [5.74, 6) is -5.66. The molecule has 2 rings (SSSR count). The highest BCUT2D eigenvalue weighted by Crippen LogP contribution is 2.27. The van der Waals surface area contributed by atoms with Crippen LogP contribution in [-0.2, 0) is 4.74 Å². The summed E-state index contributed by atoms with van der Waals surface area (Å²) in [6.45, 7) is 2.16. The first kappa shape index (κ1) is 12.2. The summed E-state index contributed by atoms with van der Waals surface area (Å²) in [6.07, 6.45) is 0.262. The number of halogens is 4. The Morgan fingerprint density at radius 2 is 1.76 bits per heavy atom. The SMILES string of the molecule is CC1OCCC1Nc1c(F)c(F)cc(F)c1F. The monoisotopic (exact) mass is 249 g/mol. The molecule has 0 radical (unpaired) electrons. The zero-order valence-electron chi connectivity index (χ0n) is 9.07. The van der Waals surface area contributed by atoms with Crippen molar-refractivity contribution in [1.29, 1.82) is 0 Å². The van der Waals surface area contributed by atoms with E-state index in [-0.39, 0.29) is 18.2 Å². The topological polar surface area (TPSA) is 21.3 Å². The van der Waals surface area contributed by atoms with E-state index in [2.05, 4.69) is 5.32 Å². The highest BCUT2D eigenvalue weighted by molar-refractivity contribution is 5.48. The Hall–Kier alpha value is -1.30. The van der Waals surface area contributed by atoms with Crippen LogP contribution in [0.25, 0.3) is 0 Å². The summed E-state index contributed by atoms with van der Waals surface area (Å²) in [4.78, 5) is 0. The number of hydrogen-bond donors (Lipinski definition) is 1. The zero-order chi connectivity index (χ0) is 12.6. The van der Waals surface area contributed by atoms with Gasteiger partial charge >= 0.3 is 0 Å².